The van der Waals surface area contributed by atoms with Gasteiger partial charge in [-0.25, -0.2) is 8.42 Å². The number of rotatable bonds is 11. The van der Waals surface area contributed by atoms with Crippen LogP contribution in [0.4, 0.5) is 5.69 Å². The molecule has 3 N–H and O–H groups in total. The van der Waals surface area contributed by atoms with Gasteiger partial charge in [0.1, 0.15) is 5.75 Å². The normalized spacial score (nSPS) is 12.2. The number of unbranched alkanes of at least 4 members (excludes halogenated alkanes) is 1. The van der Waals surface area contributed by atoms with Crippen LogP contribution < -0.4 is 10.1 Å². The van der Waals surface area contributed by atoms with E-state index in [1.54, 1.807) is 61.5 Å². The summed E-state index contributed by atoms with van der Waals surface area (Å²) < 4.78 is 33.0. The second kappa shape index (κ2) is 11.8. The summed E-state index contributed by atoms with van der Waals surface area (Å²) in [5.74, 6) is 0.304. The third kappa shape index (κ3) is 6.38. The smallest absolute Gasteiger partial charge is 0.255 e. The van der Waals surface area contributed by atoms with Gasteiger partial charge in [-0.2, -0.15) is 5.21 Å². The number of para-hydroxylation sites is 1. The van der Waals surface area contributed by atoms with Gasteiger partial charge >= 0.3 is 0 Å². The van der Waals surface area contributed by atoms with E-state index in [0.29, 0.717) is 23.5 Å². The van der Waals surface area contributed by atoms with E-state index in [4.69, 9.17) is 4.74 Å². The summed E-state index contributed by atoms with van der Waals surface area (Å²) in [5.41, 5.74) is 0.786. The standard InChI is InChI=1S/C26H27N5O5S/c1-18(32)8-6-7-17-36-20-15-13-19(14-16-20)26(33)27-22-10-3-5-12-24(22)37(34,35)23-11-4-2-9-21(23)25-28-30-31-29-25/h2-5,9-16,18,32H,6-8,17H2,1H3,(H,27,33)(H,28,29,30,31). The highest BCUT2D eigenvalue weighted by Gasteiger charge is 2.26. The number of sulfone groups is 1. The number of aliphatic hydroxyl groups excluding tert-OH is 1. The molecule has 192 valence electrons. The fourth-order valence-electron chi connectivity index (χ4n) is 3.71. The van der Waals surface area contributed by atoms with E-state index in [0.717, 1.165) is 19.3 Å². The number of nitrogens with one attached hydrogen (secondary N) is 2. The number of aromatic nitrogens is 4. The highest BCUT2D eigenvalue weighted by atomic mass is 32.2. The fraction of sp³-hybridized carbons (Fsp3) is 0.231. The van der Waals surface area contributed by atoms with Crippen molar-refractivity contribution in [3.8, 4) is 17.1 Å². The Hall–Kier alpha value is -4.09. The van der Waals surface area contributed by atoms with E-state index < -0.39 is 15.7 Å². The van der Waals surface area contributed by atoms with Crippen molar-refractivity contribution in [1.29, 1.82) is 0 Å². The molecule has 4 rings (SSSR count). The molecule has 0 saturated carbocycles. The summed E-state index contributed by atoms with van der Waals surface area (Å²) in [5, 5.41) is 25.7. The molecule has 0 saturated heterocycles. The average Bonchev–Trinajstić information content (AvgIpc) is 3.44. The molecule has 10 nitrogen and oxygen atoms in total. The minimum absolute atomic E-state index is 0.00644. The lowest BCUT2D eigenvalue weighted by Crippen LogP contribution is -2.15. The van der Waals surface area contributed by atoms with Crippen molar-refractivity contribution >= 4 is 21.4 Å². The zero-order valence-electron chi connectivity index (χ0n) is 20.2. The van der Waals surface area contributed by atoms with Gasteiger partial charge in [0.05, 0.1) is 28.2 Å². The summed E-state index contributed by atoms with van der Waals surface area (Å²) in [4.78, 5) is 12.9. The lowest BCUT2D eigenvalue weighted by Gasteiger charge is -2.14. The molecule has 0 bridgehead atoms. The molecule has 4 aromatic rings. The molecule has 1 amide bonds. The second-order valence-electron chi connectivity index (χ2n) is 8.40. The lowest BCUT2D eigenvalue weighted by molar-refractivity contribution is 0.102. The largest absolute Gasteiger partial charge is 0.494 e. The zero-order valence-corrected chi connectivity index (χ0v) is 21.0. The van der Waals surface area contributed by atoms with E-state index in [2.05, 4.69) is 25.9 Å². The Bertz CT molecular complexity index is 1440. The van der Waals surface area contributed by atoms with Crippen molar-refractivity contribution in [1.82, 2.24) is 20.6 Å². The van der Waals surface area contributed by atoms with E-state index in [9.17, 15) is 18.3 Å². The maximum absolute atomic E-state index is 13.6. The molecule has 11 heteroatoms. The summed E-state index contributed by atoms with van der Waals surface area (Å²) in [7, 11) is -4.05. The number of carbonyl (C=O) groups is 1. The van der Waals surface area contributed by atoms with E-state index >= 15 is 0 Å². The van der Waals surface area contributed by atoms with Crippen LogP contribution in [0.2, 0.25) is 0 Å². The topological polar surface area (TPSA) is 147 Å². The number of amides is 1. The van der Waals surface area contributed by atoms with Gasteiger partial charge in [0.25, 0.3) is 5.91 Å². The first-order chi connectivity index (χ1) is 17.9. The number of nitrogens with zero attached hydrogens (tertiary/aromatic N) is 3. The Balaban J connectivity index is 1.50. The first-order valence-corrected chi connectivity index (χ1v) is 13.2. The Kier molecular flexibility index (Phi) is 8.26. The van der Waals surface area contributed by atoms with Crippen LogP contribution in [0.5, 0.6) is 5.75 Å². The first kappa shape index (κ1) is 26.0. The van der Waals surface area contributed by atoms with E-state index in [-0.39, 0.29) is 27.4 Å². The molecule has 0 aliphatic heterocycles. The van der Waals surface area contributed by atoms with Crippen LogP contribution in [0.1, 0.15) is 36.5 Å². The predicted molar refractivity (Wildman–Crippen MR) is 137 cm³/mol. The number of hydrogen-bond donors (Lipinski definition) is 3. The molecular weight excluding hydrogens is 494 g/mol. The molecule has 3 aromatic carbocycles. The van der Waals surface area contributed by atoms with Crippen molar-refractivity contribution in [2.45, 2.75) is 42.1 Å². The Morgan fingerprint density at radius 1 is 1.00 bits per heavy atom. The highest BCUT2D eigenvalue weighted by Crippen LogP contribution is 2.33. The maximum Gasteiger partial charge on any atom is 0.255 e. The Morgan fingerprint density at radius 3 is 2.41 bits per heavy atom. The van der Waals surface area contributed by atoms with Crippen molar-refractivity contribution in [3.05, 3.63) is 78.4 Å². The van der Waals surface area contributed by atoms with Crippen molar-refractivity contribution in [3.63, 3.8) is 0 Å². The Morgan fingerprint density at radius 2 is 1.70 bits per heavy atom. The lowest BCUT2D eigenvalue weighted by atomic mass is 10.2. The number of hydrogen-bond acceptors (Lipinski definition) is 8. The summed E-state index contributed by atoms with van der Waals surface area (Å²) >= 11 is 0. The van der Waals surface area contributed by atoms with Gasteiger partial charge in [0, 0.05) is 11.1 Å². The van der Waals surface area contributed by atoms with Gasteiger partial charge in [0.2, 0.25) is 15.7 Å². The minimum Gasteiger partial charge on any atom is -0.494 e. The molecule has 0 aliphatic rings. The number of anilines is 1. The van der Waals surface area contributed by atoms with Gasteiger partial charge in [-0.15, -0.1) is 10.2 Å². The average molecular weight is 522 g/mol. The van der Waals surface area contributed by atoms with Crippen LogP contribution >= 0.6 is 0 Å². The number of aliphatic hydroxyl groups is 1. The van der Waals surface area contributed by atoms with E-state index in [1.165, 1.54) is 18.2 Å². The molecule has 1 aromatic heterocycles. The number of aromatic amines is 1. The number of ether oxygens (including phenoxy) is 1. The number of tetrazole rings is 1. The summed E-state index contributed by atoms with van der Waals surface area (Å²) in [6.07, 6.45) is 2.08. The molecule has 0 radical (unpaired) electrons. The van der Waals surface area contributed by atoms with Crippen LogP contribution in [0, 0.1) is 0 Å². The van der Waals surface area contributed by atoms with Gasteiger partial charge in [-0.05, 0) is 79.9 Å². The maximum atomic E-state index is 13.6. The Labute approximate surface area is 214 Å². The van der Waals surface area contributed by atoms with Crippen LogP contribution in [0.15, 0.2) is 82.6 Å². The van der Waals surface area contributed by atoms with Crippen molar-refractivity contribution in [2.24, 2.45) is 0 Å². The van der Waals surface area contributed by atoms with Crippen molar-refractivity contribution < 1.29 is 23.1 Å². The zero-order chi connectivity index (χ0) is 26.3. The van der Waals surface area contributed by atoms with Gasteiger partial charge < -0.3 is 15.2 Å². The molecule has 1 heterocycles. The number of H-pyrrole nitrogens is 1. The number of carbonyl (C=O) groups excluding carboxylic acids is 1. The van der Waals surface area contributed by atoms with Crippen LogP contribution in [0.3, 0.4) is 0 Å². The molecule has 0 spiro atoms. The minimum atomic E-state index is -4.05. The second-order valence-corrected chi connectivity index (χ2v) is 10.3. The predicted octanol–water partition coefficient (Wildman–Crippen LogP) is 3.88. The van der Waals surface area contributed by atoms with E-state index in [1.807, 2.05) is 0 Å². The van der Waals surface area contributed by atoms with Gasteiger partial charge in [-0.3, -0.25) is 4.79 Å². The third-order valence-electron chi connectivity index (χ3n) is 5.59. The van der Waals surface area contributed by atoms with Gasteiger partial charge in [0.15, 0.2) is 0 Å². The molecule has 37 heavy (non-hydrogen) atoms. The number of benzene rings is 3. The molecular formula is C26H27N5O5S. The SMILES string of the molecule is CC(O)CCCCOc1ccc(C(=O)Nc2ccccc2S(=O)(=O)c2ccccc2-c2nn[nH]n2)cc1. The fourth-order valence-corrected chi connectivity index (χ4v) is 5.32. The van der Waals surface area contributed by atoms with Crippen molar-refractivity contribution in [2.75, 3.05) is 11.9 Å². The third-order valence-corrected chi connectivity index (χ3v) is 7.46. The first-order valence-electron chi connectivity index (χ1n) is 11.8. The summed E-state index contributed by atoms with van der Waals surface area (Å²) in [6.45, 7) is 2.27. The molecule has 0 aliphatic carbocycles. The monoisotopic (exact) mass is 521 g/mol. The van der Waals surface area contributed by atoms with Gasteiger partial charge in [-0.1, -0.05) is 24.3 Å². The van der Waals surface area contributed by atoms with Crippen LogP contribution in [-0.4, -0.2) is 52.8 Å². The highest BCUT2D eigenvalue weighted by molar-refractivity contribution is 7.91. The summed E-state index contributed by atoms with van der Waals surface area (Å²) in [6, 6.07) is 19.2. The molecule has 1 atom stereocenters. The molecule has 0 fully saturated rings. The van der Waals surface area contributed by atoms with Crippen LogP contribution in [-0.2, 0) is 9.84 Å². The molecule has 1 unspecified atom stereocenters. The quantitative estimate of drug-likeness (QED) is 0.252. The van der Waals surface area contributed by atoms with Crippen LogP contribution in [0.25, 0.3) is 11.4 Å².